The van der Waals surface area contributed by atoms with Crippen LogP contribution in [0.1, 0.15) is 36.3 Å². The molecule has 2 aromatic rings. The zero-order valence-corrected chi connectivity index (χ0v) is 14.9. The van der Waals surface area contributed by atoms with E-state index in [0.29, 0.717) is 6.61 Å². The van der Waals surface area contributed by atoms with Crippen molar-refractivity contribution in [3.05, 3.63) is 59.7 Å². The van der Waals surface area contributed by atoms with Crippen molar-refractivity contribution in [3.63, 3.8) is 0 Å². The molecule has 1 N–H and O–H groups in total. The standard InChI is InChI=1S/C22H24N2O2/c25-21(24-13-11-22(15-24)10-5-12-23-22)26-14-20-18-8-3-1-6-16(18)17-7-2-4-9-19(17)20/h1-4,6-9,20,23H,5,10-15H2. The zero-order valence-electron chi connectivity index (χ0n) is 14.9. The Labute approximate surface area is 154 Å². The number of amides is 1. The lowest BCUT2D eigenvalue weighted by Crippen LogP contribution is -2.43. The Bertz CT molecular complexity index is 796. The molecule has 1 spiro atoms. The molecule has 0 bridgehead atoms. The van der Waals surface area contributed by atoms with Gasteiger partial charge in [-0.05, 0) is 48.1 Å². The summed E-state index contributed by atoms with van der Waals surface area (Å²) < 4.78 is 5.79. The van der Waals surface area contributed by atoms with Gasteiger partial charge in [0.05, 0.1) is 0 Å². The molecule has 134 valence electrons. The van der Waals surface area contributed by atoms with Gasteiger partial charge in [-0.2, -0.15) is 0 Å². The van der Waals surface area contributed by atoms with E-state index in [2.05, 4.69) is 53.8 Å². The summed E-state index contributed by atoms with van der Waals surface area (Å²) in [6.45, 7) is 3.05. The second kappa shape index (κ2) is 6.13. The van der Waals surface area contributed by atoms with Crippen LogP contribution >= 0.6 is 0 Å². The maximum absolute atomic E-state index is 12.6. The topological polar surface area (TPSA) is 41.6 Å². The third-order valence-electron chi connectivity index (χ3n) is 6.28. The molecule has 2 fully saturated rings. The minimum Gasteiger partial charge on any atom is -0.448 e. The SMILES string of the molecule is O=C(OCC1c2ccccc2-c2ccccc21)N1CCC2(CCCN2)C1. The van der Waals surface area contributed by atoms with Gasteiger partial charge in [-0.1, -0.05) is 48.5 Å². The van der Waals surface area contributed by atoms with Gasteiger partial charge in [-0.25, -0.2) is 4.79 Å². The summed E-state index contributed by atoms with van der Waals surface area (Å²) in [6, 6.07) is 16.9. The molecule has 2 aliphatic heterocycles. The van der Waals surface area contributed by atoms with Crippen molar-refractivity contribution in [2.24, 2.45) is 0 Å². The highest BCUT2D eigenvalue weighted by atomic mass is 16.6. The normalized spacial score (nSPS) is 24.1. The zero-order chi connectivity index (χ0) is 17.6. The predicted molar refractivity (Wildman–Crippen MR) is 101 cm³/mol. The van der Waals surface area contributed by atoms with E-state index in [1.165, 1.54) is 35.1 Å². The average molecular weight is 348 g/mol. The van der Waals surface area contributed by atoms with E-state index >= 15 is 0 Å². The van der Waals surface area contributed by atoms with Gasteiger partial charge in [0.25, 0.3) is 0 Å². The number of carbonyl (C=O) groups excluding carboxylic acids is 1. The van der Waals surface area contributed by atoms with Crippen molar-refractivity contribution in [1.82, 2.24) is 10.2 Å². The first-order chi connectivity index (χ1) is 12.8. The molecule has 1 atom stereocenters. The highest BCUT2D eigenvalue weighted by Gasteiger charge is 2.42. The van der Waals surface area contributed by atoms with Crippen LogP contribution in [0, 0.1) is 0 Å². The molecule has 1 unspecified atom stereocenters. The lowest BCUT2D eigenvalue weighted by molar-refractivity contribution is 0.105. The number of hydrogen-bond acceptors (Lipinski definition) is 3. The lowest BCUT2D eigenvalue weighted by Gasteiger charge is -2.24. The average Bonchev–Trinajstić information content (AvgIpc) is 3.39. The molecular weight excluding hydrogens is 324 g/mol. The molecule has 0 radical (unpaired) electrons. The van der Waals surface area contributed by atoms with Crippen molar-refractivity contribution in [2.45, 2.75) is 30.7 Å². The van der Waals surface area contributed by atoms with E-state index in [-0.39, 0.29) is 17.6 Å². The highest BCUT2D eigenvalue weighted by molar-refractivity contribution is 5.79. The first kappa shape index (κ1) is 15.9. The van der Waals surface area contributed by atoms with Gasteiger partial charge in [0.2, 0.25) is 0 Å². The van der Waals surface area contributed by atoms with E-state index in [1.54, 1.807) is 0 Å². The van der Waals surface area contributed by atoms with Crippen molar-refractivity contribution < 1.29 is 9.53 Å². The smallest absolute Gasteiger partial charge is 0.409 e. The summed E-state index contributed by atoms with van der Waals surface area (Å²) in [6.07, 6.45) is 3.24. The van der Waals surface area contributed by atoms with Gasteiger partial charge in [0.15, 0.2) is 0 Å². The van der Waals surface area contributed by atoms with Crippen LogP contribution in [0.2, 0.25) is 0 Å². The molecule has 0 aromatic heterocycles. The second-order valence-corrected chi connectivity index (χ2v) is 7.79. The molecule has 2 aromatic carbocycles. The van der Waals surface area contributed by atoms with Gasteiger partial charge in [0.1, 0.15) is 6.61 Å². The maximum atomic E-state index is 12.6. The van der Waals surface area contributed by atoms with Gasteiger partial charge in [0, 0.05) is 24.5 Å². The quantitative estimate of drug-likeness (QED) is 0.898. The minimum atomic E-state index is -0.169. The van der Waals surface area contributed by atoms with E-state index in [4.69, 9.17) is 4.74 Å². The number of rotatable bonds is 2. The van der Waals surface area contributed by atoms with Crippen LogP contribution in [0.3, 0.4) is 0 Å². The fraction of sp³-hybridized carbons (Fsp3) is 0.409. The first-order valence-electron chi connectivity index (χ1n) is 9.61. The first-order valence-corrected chi connectivity index (χ1v) is 9.61. The number of nitrogens with one attached hydrogen (secondary N) is 1. The molecule has 1 amide bonds. The van der Waals surface area contributed by atoms with Gasteiger partial charge >= 0.3 is 6.09 Å². The third kappa shape index (κ3) is 2.52. The summed E-state index contributed by atoms with van der Waals surface area (Å²) in [4.78, 5) is 14.5. The molecule has 4 nitrogen and oxygen atoms in total. The summed E-state index contributed by atoms with van der Waals surface area (Å²) in [5, 5.41) is 3.59. The van der Waals surface area contributed by atoms with E-state index in [9.17, 15) is 4.79 Å². The van der Waals surface area contributed by atoms with Crippen LogP contribution in [0.25, 0.3) is 11.1 Å². The molecule has 5 rings (SSSR count). The lowest BCUT2D eigenvalue weighted by atomic mass is 9.97. The summed E-state index contributed by atoms with van der Waals surface area (Å²) in [5.41, 5.74) is 5.19. The Kier molecular flexibility index (Phi) is 3.75. The Morgan fingerprint density at radius 2 is 1.77 bits per heavy atom. The molecular formula is C22H24N2O2. The molecule has 4 heteroatoms. The molecule has 2 saturated heterocycles. The number of fused-ring (bicyclic) bond motifs is 3. The van der Waals surface area contributed by atoms with Crippen LogP contribution < -0.4 is 5.32 Å². The van der Waals surface area contributed by atoms with Crippen LogP contribution in [0.4, 0.5) is 4.79 Å². The van der Waals surface area contributed by atoms with Crippen molar-refractivity contribution in [3.8, 4) is 11.1 Å². The number of ether oxygens (including phenoxy) is 1. The monoisotopic (exact) mass is 348 g/mol. The van der Waals surface area contributed by atoms with Gasteiger partial charge in [-0.3, -0.25) is 0 Å². The minimum absolute atomic E-state index is 0.132. The summed E-state index contributed by atoms with van der Waals surface area (Å²) in [7, 11) is 0. The number of hydrogen-bond donors (Lipinski definition) is 1. The summed E-state index contributed by atoms with van der Waals surface area (Å²) >= 11 is 0. The number of benzene rings is 2. The Hall–Kier alpha value is -2.33. The molecule has 0 saturated carbocycles. The molecule has 1 aliphatic carbocycles. The maximum Gasteiger partial charge on any atom is 0.409 e. The molecule has 26 heavy (non-hydrogen) atoms. The highest BCUT2D eigenvalue weighted by Crippen LogP contribution is 2.44. The van der Waals surface area contributed by atoms with E-state index in [0.717, 1.165) is 26.1 Å². The molecule has 2 heterocycles. The number of likely N-dealkylation sites (tertiary alicyclic amines) is 1. The largest absolute Gasteiger partial charge is 0.448 e. The number of nitrogens with zero attached hydrogens (tertiary/aromatic N) is 1. The predicted octanol–water partition coefficient (Wildman–Crippen LogP) is 3.76. The molecule has 3 aliphatic rings. The fourth-order valence-electron chi connectivity index (χ4n) is 4.93. The van der Waals surface area contributed by atoms with Crippen LogP contribution in [-0.4, -0.2) is 42.8 Å². The van der Waals surface area contributed by atoms with Crippen LogP contribution in [0.5, 0.6) is 0 Å². The Morgan fingerprint density at radius 1 is 1.08 bits per heavy atom. The Balaban J connectivity index is 1.31. The van der Waals surface area contributed by atoms with Crippen molar-refractivity contribution >= 4 is 6.09 Å². The summed E-state index contributed by atoms with van der Waals surface area (Å²) in [5.74, 6) is 0.132. The fourth-order valence-corrected chi connectivity index (χ4v) is 4.93. The van der Waals surface area contributed by atoms with E-state index in [1.807, 2.05) is 4.90 Å². The van der Waals surface area contributed by atoms with Crippen LogP contribution in [-0.2, 0) is 4.74 Å². The van der Waals surface area contributed by atoms with Crippen LogP contribution in [0.15, 0.2) is 48.5 Å². The van der Waals surface area contributed by atoms with Gasteiger partial charge < -0.3 is 15.0 Å². The number of carbonyl (C=O) groups is 1. The van der Waals surface area contributed by atoms with E-state index < -0.39 is 0 Å². The Morgan fingerprint density at radius 3 is 2.42 bits per heavy atom. The third-order valence-corrected chi connectivity index (χ3v) is 6.28. The second-order valence-electron chi connectivity index (χ2n) is 7.79. The van der Waals surface area contributed by atoms with Crippen molar-refractivity contribution in [2.75, 3.05) is 26.2 Å². The van der Waals surface area contributed by atoms with Crippen molar-refractivity contribution in [1.29, 1.82) is 0 Å². The van der Waals surface area contributed by atoms with Gasteiger partial charge in [-0.15, -0.1) is 0 Å².